The maximum Gasteiger partial charge on any atom is 0.350 e. The summed E-state index contributed by atoms with van der Waals surface area (Å²) in [6, 6.07) is 15.1. The molecule has 2 unspecified atom stereocenters. The summed E-state index contributed by atoms with van der Waals surface area (Å²) >= 11 is 0. The zero-order chi connectivity index (χ0) is 26.1. The van der Waals surface area contributed by atoms with Crippen LogP contribution in [-0.2, 0) is 24.5 Å². The molecule has 6 nitrogen and oxygen atoms in total. The molecule has 0 heterocycles. The van der Waals surface area contributed by atoms with Gasteiger partial charge in [-0.2, -0.15) is 0 Å². The molecule has 2 atom stereocenters. The molecule has 188 valence electrons. The Kier molecular flexibility index (Phi) is 9.84. The van der Waals surface area contributed by atoms with E-state index in [0.29, 0.717) is 17.9 Å². The number of hydrogen-bond donors (Lipinski definition) is 0. The summed E-state index contributed by atoms with van der Waals surface area (Å²) in [7, 11) is 0. The highest BCUT2D eigenvalue weighted by atomic mass is 16.6. The van der Waals surface area contributed by atoms with Crippen molar-refractivity contribution in [3.05, 3.63) is 85.0 Å². The van der Waals surface area contributed by atoms with Gasteiger partial charge in [0.05, 0.1) is 6.61 Å². The van der Waals surface area contributed by atoms with E-state index in [9.17, 15) is 9.59 Å². The highest BCUT2D eigenvalue weighted by Crippen LogP contribution is 2.34. The van der Waals surface area contributed by atoms with Crippen LogP contribution in [-0.4, -0.2) is 36.9 Å². The maximum atomic E-state index is 12.4. The van der Waals surface area contributed by atoms with Crippen LogP contribution in [0, 0.1) is 0 Å². The molecule has 2 rings (SSSR count). The highest BCUT2D eigenvalue weighted by molar-refractivity contribution is 5.79. The second kappa shape index (κ2) is 12.4. The molecule has 0 saturated heterocycles. The average molecular weight is 481 g/mol. The first-order valence-corrected chi connectivity index (χ1v) is 11.7. The van der Waals surface area contributed by atoms with E-state index in [2.05, 4.69) is 27.0 Å². The molecule has 0 aliphatic carbocycles. The molecule has 0 fully saturated rings. The van der Waals surface area contributed by atoms with Crippen molar-refractivity contribution in [2.24, 2.45) is 0 Å². The van der Waals surface area contributed by atoms with Crippen molar-refractivity contribution in [3.63, 3.8) is 0 Å². The number of carbonyl (C=O) groups is 2. The molecule has 0 amide bonds. The molecule has 0 aromatic heterocycles. The van der Waals surface area contributed by atoms with E-state index >= 15 is 0 Å². The van der Waals surface area contributed by atoms with E-state index in [0.717, 1.165) is 11.1 Å². The first kappa shape index (κ1) is 27.9. The van der Waals surface area contributed by atoms with Gasteiger partial charge < -0.3 is 18.9 Å². The van der Waals surface area contributed by atoms with Crippen molar-refractivity contribution in [1.82, 2.24) is 0 Å². The molecule has 2 aromatic carbocycles. The maximum absolute atomic E-state index is 12.4. The minimum Gasteiger partial charge on any atom is -0.476 e. The van der Waals surface area contributed by atoms with E-state index in [1.807, 2.05) is 43.3 Å². The Bertz CT molecular complexity index is 1010. The van der Waals surface area contributed by atoms with Gasteiger partial charge in [0.2, 0.25) is 5.60 Å². The zero-order valence-electron chi connectivity index (χ0n) is 21.3. The molecule has 2 aromatic rings. The van der Waals surface area contributed by atoms with Crippen molar-refractivity contribution >= 4 is 11.9 Å². The SMILES string of the molecule is C=CCOC(=O)C(C)(CC)Oc1ccc(C(C)(C)c2ccc(OC(=O)C(C)OCC=C)cc2)cc1. The van der Waals surface area contributed by atoms with Crippen LogP contribution in [0.4, 0.5) is 0 Å². The van der Waals surface area contributed by atoms with E-state index in [4.69, 9.17) is 18.9 Å². The van der Waals surface area contributed by atoms with Crippen LogP contribution >= 0.6 is 0 Å². The normalized spacial score (nSPS) is 13.7. The number of carbonyl (C=O) groups excluding carboxylic acids is 2. The van der Waals surface area contributed by atoms with Crippen LogP contribution in [0.2, 0.25) is 0 Å². The lowest BCUT2D eigenvalue weighted by molar-refractivity contribution is -0.159. The fraction of sp³-hybridized carbons (Fsp3) is 0.379. The predicted molar refractivity (Wildman–Crippen MR) is 137 cm³/mol. The largest absolute Gasteiger partial charge is 0.476 e. The van der Waals surface area contributed by atoms with Gasteiger partial charge in [-0.1, -0.05) is 63.8 Å². The molecule has 0 N–H and O–H groups in total. The Labute approximate surface area is 208 Å². The Hall–Kier alpha value is -3.38. The number of ether oxygens (including phenoxy) is 4. The van der Waals surface area contributed by atoms with Crippen LogP contribution in [0.1, 0.15) is 52.2 Å². The van der Waals surface area contributed by atoms with Crippen LogP contribution in [0.15, 0.2) is 73.8 Å². The van der Waals surface area contributed by atoms with Gasteiger partial charge in [-0.3, -0.25) is 0 Å². The van der Waals surface area contributed by atoms with Crippen molar-refractivity contribution in [2.75, 3.05) is 13.2 Å². The van der Waals surface area contributed by atoms with Gasteiger partial charge in [-0.25, -0.2) is 9.59 Å². The molecule has 35 heavy (non-hydrogen) atoms. The quantitative estimate of drug-likeness (QED) is 0.205. The molecule has 0 bridgehead atoms. The predicted octanol–water partition coefficient (Wildman–Crippen LogP) is 5.79. The molecule has 6 heteroatoms. The van der Waals surface area contributed by atoms with Gasteiger partial charge in [0.1, 0.15) is 18.1 Å². The average Bonchev–Trinajstić information content (AvgIpc) is 2.86. The third kappa shape index (κ3) is 7.30. The van der Waals surface area contributed by atoms with Gasteiger partial charge in [0.15, 0.2) is 6.10 Å². The molecular formula is C29H36O6. The van der Waals surface area contributed by atoms with Crippen LogP contribution in [0.25, 0.3) is 0 Å². The summed E-state index contributed by atoms with van der Waals surface area (Å²) in [6.07, 6.45) is 2.90. The van der Waals surface area contributed by atoms with E-state index in [1.165, 1.54) is 6.08 Å². The molecule has 0 aliphatic heterocycles. The summed E-state index contributed by atoms with van der Waals surface area (Å²) in [5.74, 6) is 0.155. The number of hydrogen-bond acceptors (Lipinski definition) is 6. The Balaban J connectivity index is 2.11. The van der Waals surface area contributed by atoms with E-state index in [-0.39, 0.29) is 18.6 Å². The van der Waals surface area contributed by atoms with Gasteiger partial charge in [0.25, 0.3) is 0 Å². The summed E-state index contributed by atoms with van der Waals surface area (Å²) in [6.45, 7) is 17.0. The fourth-order valence-corrected chi connectivity index (χ4v) is 3.33. The van der Waals surface area contributed by atoms with Crippen molar-refractivity contribution in [3.8, 4) is 11.5 Å². The third-order valence-electron chi connectivity index (χ3n) is 5.95. The van der Waals surface area contributed by atoms with Gasteiger partial charge in [0, 0.05) is 5.41 Å². The van der Waals surface area contributed by atoms with Crippen molar-refractivity contribution in [1.29, 1.82) is 0 Å². The summed E-state index contributed by atoms with van der Waals surface area (Å²) in [5, 5.41) is 0. The minimum atomic E-state index is -1.08. The Morgan fingerprint density at radius 3 is 1.89 bits per heavy atom. The fourth-order valence-electron chi connectivity index (χ4n) is 3.33. The first-order chi connectivity index (χ1) is 16.6. The lowest BCUT2D eigenvalue weighted by Gasteiger charge is -2.29. The van der Waals surface area contributed by atoms with Crippen LogP contribution < -0.4 is 9.47 Å². The van der Waals surface area contributed by atoms with E-state index in [1.54, 1.807) is 32.1 Å². The van der Waals surface area contributed by atoms with E-state index < -0.39 is 23.6 Å². The molecule has 0 saturated carbocycles. The minimum absolute atomic E-state index is 0.144. The summed E-state index contributed by atoms with van der Waals surface area (Å²) in [4.78, 5) is 24.6. The van der Waals surface area contributed by atoms with Crippen molar-refractivity contribution < 1.29 is 28.5 Å². The molecular weight excluding hydrogens is 444 g/mol. The topological polar surface area (TPSA) is 71.1 Å². The number of esters is 2. The molecule has 0 aliphatic rings. The number of rotatable bonds is 13. The lowest BCUT2D eigenvalue weighted by atomic mass is 9.78. The summed E-state index contributed by atoms with van der Waals surface area (Å²) in [5.41, 5.74) is 0.710. The van der Waals surface area contributed by atoms with Gasteiger partial charge in [-0.15, -0.1) is 6.58 Å². The van der Waals surface area contributed by atoms with Gasteiger partial charge >= 0.3 is 11.9 Å². The van der Waals surface area contributed by atoms with Crippen LogP contribution in [0.5, 0.6) is 11.5 Å². The Morgan fingerprint density at radius 1 is 0.886 bits per heavy atom. The van der Waals surface area contributed by atoms with Crippen LogP contribution in [0.3, 0.4) is 0 Å². The summed E-state index contributed by atoms with van der Waals surface area (Å²) < 4.78 is 21.9. The Morgan fingerprint density at radius 2 is 1.40 bits per heavy atom. The smallest absolute Gasteiger partial charge is 0.350 e. The lowest BCUT2D eigenvalue weighted by Crippen LogP contribution is -2.42. The monoisotopic (exact) mass is 480 g/mol. The van der Waals surface area contributed by atoms with Crippen molar-refractivity contribution in [2.45, 2.75) is 58.2 Å². The second-order valence-corrected chi connectivity index (χ2v) is 8.93. The van der Waals surface area contributed by atoms with Gasteiger partial charge in [-0.05, 0) is 55.7 Å². The third-order valence-corrected chi connectivity index (χ3v) is 5.95. The standard InChI is InChI=1S/C29H36O6/c1-8-19-32-21(4)26(30)34-24-15-11-22(12-16-24)28(5,6)23-13-17-25(18-14-23)35-29(7,10-3)27(31)33-20-9-2/h8-9,11-18,21H,1-2,10,19-20H2,3-7H3. The molecule has 0 radical (unpaired) electrons. The second-order valence-electron chi connectivity index (χ2n) is 8.93. The zero-order valence-corrected chi connectivity index (χ0v) is 21.3. The first-order valence-electron chi connectivity index (χ1n) is 11.7. The highest BCUT2D eigenvalue weighted by Gasteiger charge is 2.35. The molecule has 0 spiro atoms. The number of benzene rings is 2.